The van der Waals surface area contributed by atoms with Gasteiger partial charge < -0.3 is 9.47 Å². The molecule has 1 saturated heterocycles. The van der Waals surface area contributed by atoms with E-state index in [1.165, 1.54) is 0 Å². The molecular formula is C17H22ClN3O2. The maximum Gasteiger partial charge on any atom is 0.179 e. The van der Waals surface area contributed by atoms with Gasteiger partial charge in [-0.05, 0) is 30.5 Å². The number of aromatic nitrogens is 2. The van der Waals surface area contributed by atoms with Crippen LogP contribution in [0.2, 0.25) is 5.02 Å². The van der Waals surface area contributed by atoms with Crippen molar-refractivity contribution >= 4 is 11.6 Å². The lowest BCUT2D eigenvalue weighted by atomic mass is 10.0. The highest BCUT2D eigenvalue weighted by Gasteiger charge is 2.22. The number of rotatable bonds is 5. The molecule has 0 spiro atoms. The zero-order valence-corrected chi connectivity index (χ0v) is 14.3. The van der Waals surface area contributed by atoms with Crippen molar-refractivity contribution in [2.45, 2.75) is 25.4 Å². The highest BCUT2D eigenvalue weighted by molar-refractivity contribution is 6.33. The Morgan fingerprint density at radius 2 is 2.00 bits per heavy atom. The van der Waals surface area contributed by atoms with Crippen LogP contribution in [-0.4, -0.2) is 42.0 Å². The average molecular weight is 336 g/mol. The fraction of sp³-hybridized carbons (Fsp3) is 0.471. The van der Waals surface area contributed by atoms with Gasteiger partial charge in [0.1, 0.15) is 0 Å². The molecule has 1 aromatic carbocycles. The number of piperidine rings is 1. The van der Waals surface area contributed by atoms with Gasteiger partial charge in [0.05, 0.1) is 25.3 Å². The van der Waals surface area contributed by atoms with Crippen LogP contribution in [0.15, 0.2) is 30.6 Å². The lowest BCUT2D eigenvalue weighted by Gasteiger charge is -2.32. The molecule has 0 atom stereocenters. The van der Waals surface area contributed by atoms with Gasteiger partial charge in [0.25, 0.3) is 0 Å². The summed E-state index contributed by atoms with van der Waals surface area (Å²) in [7, 11) is 3.23. The SMILES string of the molecule is COc1ccc(CN2CCC(n3cccn3)CC2)c(Cl)c1OC. The smallest absolute Gasteiger partial charge is 0.179 e. The monoisotopic (exact) mass is 335 g/mol. The summed E-state index contributed by atoms with van der Waals surface area (Å²) >= 11 is 6.48. The molecule has 0 bridgehead atoms. The number of hydrogen-bond acceptors (Lipinski definition) is 4. The van der Waals surface area contributed by atoms with Crippen LogP contribution in [0.4, 0.5) is 0 Å². The molecule has 3 rings (SSSR count). The second-order valence-corrected chi connectivity index (χ2v) is 6.15. The Morgan fingerprint density at radius 1 is 1.22 bits per heavy atom. The molecule has 1 aromatic heterocycles. The Hall–Kier alpha value is -1.72. The Balaban J connectivity index is 1.65. The van der Waals surface area contributed by atoms with Gasteiger partial charge in [-0.25, -0.2) is 0 Å². The van der Waals surface area contributed by atoms with Crippen LogP contribution in [0.3, 0.4) is 0 Å². The second-order valence-electron chi connectivity index (χ2n) is 5.77. The maximum absolute atomic E-state index is 6.48. The predicted octanol–water partition coefficient (Wildman–Crippen LogP) is 3.39. The average Bonchev–Trinajstić information content (AvgIpc) is 3.11. The first-order valence-electron chi connectivity index (χ1n) is 7.83. The molecule has 0 unspecified atom stereocenters. The minimum absolute atomic E-state index is 0.502. The molecule has 0 aliphatic carbocycles. The van der Waals surface area contributed by atoms with E-state index >= 15 is 0 Å². The summed E-state index contributed by atoms with van der Waals surface area (Å²) in [5, 5.41) is 4.99. The first-order chi connectivity index (χ1) is 11.2. The van der Waals surface area contributed by atoms with Crippen LogP contribution in [0.25, 0.3) is 0 Å². The summed E-state index contributed by atoms with van der Waals surface area (Å²) in [6.07, 6.45) is 6.10. The van der Waals surface area contributed by atoms with Crippen molar-refractivity contribution in [3.63, 3.8) is 0 Å². The van der Waals surface area contributed by atoms with E-state index in [4.69, 9.17) is 21.1 Å². The molecule has 2 aromatic rings. The molecule has 0 radical (unpaired) electrons. The standard InChI is InChI=1S/C17H22ClN3O2/c1-22-15-5-4-13(16(18)17(15)23-2)12-20-10-6-14(7-11-20)21-9-3-8-19-21/h3-5,8-9,14H,6-7,10-12H2,1-2H3. The Bertz CT molecular complexity index is 638. The number of halogens is 1. The fourth-order valence-electron chi connectivity index (χ4n) is 3.13. The van der Waals surface area contributed by atoms with Crippen LogP contribution in [0.5, 0.6) is 11.5 Å². The lowest BCUT2D eigenvalue weighted by Crippen LogP contribution is -2.34. The van der Waals surface area contributed by atoms with E-state index in [2.05, 4.69) is 14.7 Å². The minimum Gasteiger partial charge on any atom is -0.493 e. The van der Waals surface area contributed by atoms with Crippen LogP contribution in [0.1, 0.15) is 24.4 Å². The second kappa shape index (κ2) is 7.23. The number of likely N-dealkylation sites (tertiary alicyclic amines) is 1. The quantitative estimate of drug-likeness (QED) is 0.839. The van der Waals surface area contributed by atoms with E-state index in [1.54, 1.807) is 14.2 Å². The van der Waals surface area contributed by atoms with Crippen molar-refractivity contribution in [1.29, 1.82) is 0 Å². The first kappa shape index (κ1) is 16.1. The van der Waals surface area contributed by atoms with E-state index < -0.39 is 0 Å². The van der Waals surface area contributed by atoms with E-state index in [0.29, 0.717) is 22.6 Å². The fourth-order valence-corrected chi connectivity index (χ4v) is 3.42. The minimum atomic E-state index is 0.502. The van der Waals surface area contributed by atoms with E-state index in [1.807, 2.05) is 30.6 Å². The third-order valence-corrected chi connectivity index (χ3v) is 4.83. The zero-order chi connectivity index (χ0) is 16.2. The van der Waals surface area contributed by atoms with E-state index in [0.717, 1.165) is 38.0 Å². The number of benzene rings is 1. The summed E-state index contributed by atoms with van der Waals surface area (Å²) in [6.45, 7) is 2.90. The third kappa shape index (κ3) is 3.46. The topological polar surface area (TPSA) is 39.5 Å². The molecule has 0 N–H and O–H groups in total. The molecule has 1 aliphatic heterocycles. The predicted molar refractivity (Wildman–Crippen MR) is 90.3 cm³/mol. The molecule has 5 nitrogen and oxygen atoms in total. The number of methoxy groups -OCH3 is 2. The van der Waals surface area contributed by atoms with Gasteiger partial charge in [0, 0.05) is 32.0 Å². The first-order valence-corrected chi connectivity index (χ1v) is 8.21. The number of ether oxygens (including phenoxy) is 2. The van der Waals surface area contributed by atoms with E-state index in [-0.39, 0.29) is 0 Å². The lowest BCUT2D eigenvalue weighted by molar-refractivity contribution is 0.173. The van der Waals surface area contributed by atoms with Gasteiger partial charge in [-0.1, -0.05) is 17.7 Å². The maximum atomic E-state index is 6.48. The van der Waals surface area contributed by atoms with Crippen molar-refractivity contribution in [3.8, 4) is 11.5 Å². The van der Waals surface area contributed by atoms with Crippen molar-refractivity contribution in [2.75, 3.05) is 27.3 Å². The van der Waals surface area contributed by atoms with Gasteiger partial charge >= 0.3 is 0 Å². The third-order valence-electron chi connectivity index (χ3n) is 4.42. The van der Waals surface area contributed by atoms with Crippen molar-refractivity contribution in [1.82, 2.24) is 14.7 Å². The molecule has 0 saturated carbocycles. The largest absolute Gasteiger partial charge is 0.493 e. The highest BCUT2D eigenvalue weighted by atomic mass is 35.5. The van der Waals surface area contributed by atoms with Crippen LogP contribution < -0.4 is 9.47 Å². The summed E-state index contributed by atoms with van der Waals surface area (Å²) in [6, 6.07) is 6.41. The van der Waals surface area contributed by atoms with Gasteiger partial charge in [-0.2, -0.15) is 5.10 Å². The normalized spacial score (nSPS) is 16.5. The van der Waals surface area contributed by atoms with Gasteiger partial charge in [0.2, 0.25) is 0 Å². The summed E-state index contributed by atoms with van der Waals surface area (Å²) < 4.78 is 12.7. The molecule has 2 heterocycles. The molecule has 1 fully saturated rings. The van der Waals surface area contributed by atoms with Crippen molar-refractivity contribution < 1.29 is 9.47 Å². The van der Waals surface area contributed by atoms with Crippen LogP contribution >= 0.6 is 11.6 Å². The Kier molecular flexibility index (Phi) is 5.08. The summed E-state index contributed by atoms with van der Waals surface area (Å²) in [4.78, 5) is 2.42. The van der Waals surface area contributed by atoms with Crippen LogP contribution in [0, 0.1) is 0 Å². The van der Waals surface area contributed by atoms with Gasteiger partial charge in [-0.15, -0.1) is 0 Å². The summed E-state index contributed by atoms with van der Waals surface area (Å²) in [5.41, 5.74) is 1.07. The molecule has 0 amide bonds. The van der Waals surface area contributed by atoms with Gasteiger partial charge in [0.15, 0.2) is 11.5 Å². The molecule has 1 aliphatic rings. The van der Waals surface area contributed by atoms with Gasteiger partial charge in [-0.3, -0.25) is 9.58 Å². The highest BCUT2D eigenvalue weighted by Crippen LogP contribution is 2.38. The molecule has 124 valence electrons. The molecule has 23 heavy (non-hydrogen) atoms. The Morgan fingerprint density at radius 3 is 2.61 bits per heavy atom. The zero-order valence-electron chi connectivity index (χ0n) is 13.5. The number of hydrogen-bond donors (Lipinski definition) is 0. The van der Waals surface area contributed by atoms with Crippen LogP contribution in [-0.2, 0) is 6.54 Å². The molecular weight excluding hydrogens is 314 g/mol. The van der Waals surface area contributed by atoms with E-state index in [9.17, 15) is 0 Å². The molecule has 6 heteroatoms. The van der Waals surface area contributed by atoms with Crippen molar-refractivity contribution in [3.05, 3.63) is 41.2 Å². The number of nitrogens with zero attached hydrogens (tertiary/aromatic N) is 3. The Labute approximate surface area is 141 Å². The van der Waals surface area contributed by atoms with Crippen molar-refractivity contribution in [2.24, 2.45) is 0 Å². The summed E-state index contributed by atoms with van der Waals surface area (Å²) in [5.74, 6) is 1.27.